The molecule has 0 aliphatic rings. The van der Waals surface area contributed by atoms with Crippen molar-refractivity contribution in [2.45, 2.75) is 12.3 Å². The predicted molar refractivity (Wildman–Crippen MR) is 138 cm³/mol. The molecule has 0 saturated heterocycles. The first-order chi connectivity index (χ1) is 17.7. The first-order valence-corrected chi connectivity index (χ1v) is 11.6. The number of aromatic nitrogens is 1. The fraction of sp³-hybridized carbons (Fsp3) is 0.107. The lowest BCUT2D eigenvalue weighted by atomic mass is 9.84. The van der Waals surface area contributed by atoms with Crippen LogP contribution in [-0.4, -0.2) is 26.7 Å². The summed E-state index contributed by atoms with van der Waals surface area (Å²) in [7, 11) is 1.59. The number of aryl methyl sites for hydroxylation is 1. The van der Waals surface area contributed by atoms with Gasteiger partial charge in [-0.1, -0.05) is 59.2 Å². The first-order valence-electron chi connectivity index (χ1n) is 11.2. The fourth-order valence-electron chi connectivity index (χ4n) is 4.09. The highest BCUT2D eigenvalue weighted by Gasteiger charge is 2.22. The molecule has 188 valence electrons. The number of carbonyl (C=O) groups is 1. The Morgan fingerprint density at radius 3 is 2.24 bits per heavy atom. The van der Waals surface area contributed by atoms with E-state index in [-0.39, 0.29) is 28.5 Å². The molecule has 1 atom stereocenters. The molecule has 3 aromatic carbocycles. The van der Waals surface area contributed by atoms with E-state index in [0.717, 1.165) is 16.7 Å². The van der Waals surface area contributed by atoms with Crippen LogP contribution in [0.4, 0.5) is 9.18 Å². The minimum Gasteiger partial charge on any atom is -0.449 e. The molecule has 0 saturated carbocycles. The van der Waals surface area contributed by atoms with E-state index in [1.54, 1.807) is 55.7 Å². The van der Waals surface area contributed by atoms with Crippen LogP contribution in [0.1, 0.15) is 29.0 Å². The van der Waals surface area contributed by atoms with Gasteiger partial charge >= 0.3 is 6.16 Å². The monoisotopic (exact) mass is 520 g/mol. The largest absolute Gasteiger partial charge is 0.511 e. The Hall–Kier alpha value is -4.43. The second kappa shape index (κ2) is 11.1. The van der Waals surface area contributed by atoms with Gasteiger partial charge in [-0.25, -0.2) is 9.18 Å². The van der Waals surface area contributed by atoms with Crippen LogP contribution in [0.15, 0.2) is 95.0 Å². The summed E-state index contributed by atoms with van der Waals surface area (Å²) in [5.41, 5.74) is 3.44. The van der Waals surface area contributed by atoms with E-state index in [2.05, 4.69) is 9.89 Å². The zero-order chi connectivity index (χ0) is 26.5. The number of ether oxygens (including phenoxy) is 1. The Kier molecular flexibility index (Phi) is 7.69. The Balaban J connectivity index is 1.69. The molecule has 37 heavy (non-hydrogen) atoms. The third-order valence-corrected chi connectivity index (χ3v) is 6.22. The van der Waals surface area contributed by atoms with E-state index < -0.39 is 17.9 Å². The number of oxime groups is 1. The molecule has 1 aromatic heterocycles. The summed E-state index contributed by atoms with van der Waals surface area (Å²) in [5.74, 6) is -0.811. The molecular formula is C28H22ClFN2O5. The highest BCUT2D eigenvalue weighted by Crippen LogP contribution is 2.34. The van der Waals surface area contributed by atoms with Gasteiger partial charge in [-0.3, -0.25) is 4.79 Å². The van der Waals surface area contributed by atoms with Gasteiger partial charge < -0.3 is 19.6 Å². The third-order valence-electron chi connectivity index (χ3n) is 5.98. The average Bonchev–Trinajstić information content (AvgIpc) is 2.87. The predicted octanol–water partition coefficient (Wildman–Crippen LogP) is 6.30. The number of nitrogens with zero attached hydrogens (tertiary/aromatic N) is 2. The molecule has 2 N–H and O–H groups in total. The molecule has 4 aromatic rings. The van der Waals surface area contributed by atoms with Crippen LogP contribution in [0.3, 0.4) is 0 Å². The normalized spacial score (nSPS) is 12.2. The molecule has 9 heteroatoms. The van der Waals surface area contributed by atoms with Crippen LogP contribution in [0.5, 0.6) is 5.75 Å². The summed E-state index contributed by atoms with van der Waals surface area (Å²) in [6, 6.07) is 21.4. The number of rotatable bonds is 7. The molecule has 0 spiro atoms. The lowest BCUT2D eigenvalue weighted by Crippen LogP contribution is -2.18. The molecule has 0 amide bonds. The highest BCUT2D eigenvalue weighted by atomic mass is 35.5. The summed E-state index contributed by atoms with van der Waals surface area (Å²) in [5, 5.41) is 22.3. The van der Waals surface area contributed by atoms with Crippen LogP contribution in [0.2, 0.25) is 5.02 Å². The van der Waals surface area contributed by atoms with Crippen molar-refractivity contribution in [3.05, 3.63) is 123 Å². The van der Waals surface area contributed by atoms with Crippen molar-refractivity contribution < 1.29 is 24.2 Å². The SMILES string of the molecule is Cn1cc(/C(CC(c2ccc(-c3ccc(OC(=O)O)cc3)cc2)c2ccc(Cl)cc2F)=N/O)ccc1=O. The van der Waals surface area contributed by atoms with Crippen molar-refractivity contribution in [3.8, 4) is 16.9 Å². The summed E-state index contributed by atoms with van der Waals surface area (Å²) < 4.78 is 21.1. The number of pyridine rings is 1. The summed E-state index contributed by atoms with van der Waals surface area (Å²) >= 11 is 5.98. The molecule has 0 aliphatic carbocycles. The number of carboxylic acid groups (broad SMARTS) is 1. The van der Waals surface area contributed by atoms with E-state index in [9.17, 15) is 14.8 Å². The minimum atomic E-state index is -1.39. The molecule has 0 bridgehead atoms. The Bertz CT molecular complexity index is 1520. The number of halogens is 2. The fourth-order valence-corrected chi connectivity index (χ4v) is 4.25. The summed E-state index contributed by atoms with van der Waals surface area (Å²) in [6.45, 7) is 0. The topological polar surface area (TPSA) is 101 Å². The number of hydrogen-bond acceptors (Lipinski definition) is 5. The van der Waals surface area contributed by atoms with Gasteiger partial charge in [0.05, 0.1) is 5.71 Å². The average molecular weight is 521 g/mol. The second-order valence-electron chi connectivity index (χ2n) is 8.35. The quantitative estimate of drug-likeness (QED) is 0.0978. The lowest BCUT2D eigenvalue weighted by molar-refractivity contribution is 0.144. The molecular weight excluding hydrogens is 499 g/mol. The van der Waals surface area contributed by atoms with Gasteiger partial charge in [0.15, 0.2) is 0 Å². The maximum absolute atomic E-state index is 15.0. The molecule has 0 fully saturated rings. The van der Waals surface area contributed by atoms with Crippen molar-refractivity contribution in [1.82, 2.24) is 4.57 Å². The van der Waals surface area contributed by atoms with E-state index in [0.29, 0.717) is 11.1 Å². The smallest absolute Gasteiger partial charge is 0.449 e. The van der Waals surface area contributed by atoms with E-state index in [1.807, 2.05) is 24.3 Å². The number of benzene rings is 3. The van der Waals surface area contributed by atoms with Crippen LogP contribution in [0.25, 0.3) is 11.1 Å². The van der Waals surface area contributed by atoms with Crippen LogP contribution in [-0.2, 0) is 7.05 Å². The van der Waals surface area contributed by atoms with Crippen molar-refractivity contribution in [2.24, 2.45) is 12.2 Å². The van der Waals surface area contributed by atoms with Crippen molar-refractivity contribution in [2.75, 3.05) is 0 Å². The summed E-state index contributed by atoms with van der Waals surface area (Å²) in [4.78, 5) is 22.5. The molecule has 1 heterocycles. The zero-order valence-electron chi connectivity index (χ0n) is 19.6. The maximum Gasteiger partial charge on any atom is 0.511 e. The Morgan fingerprint density at radius 2 is 1.68 bits per heavy atom. The van der Waals surface area contributed by atoms with E-state index in [1.165, 1.54) is 16.7 Å². The first kappa shape index (κ1) is 25.7. The van der Waals surface area contributed by atoms with Gasteiger partial charge in [0.2, 0.25) is 5.56 Å². The molecule has 4 rings (SSSR count). The van der Waals surface area contributed by atoms with Gasteiger partial charge in [-0.15, -0.1) is 0 Å². The second-order valence-corrected chi connectivity index (χ2v) is 8.79. The standard InChI is InChI=1S/C28H22ClFN2O5/c1-32-16-20(8-13-27(32)33)26(31-36)15-24(23-12-9-21(29)14-25(23)30)19-4-2-17(3-5-19)18-6-10-22(11-7-18)37-28(34)35/h2-14,16,24,36H,15H2,1H3,(H,34,35)/b31-26+. The number of hydrogen-bond donors (Lipinski definition) is 2. The van der Waals surface area contributed by atoms with Gasteiger partial charge in [-0.05, 0) is 52.6 Å². The van der Waals surface area contributed by atoms with Crippen LogP contribution in [0, 0.1) is 5.82 Å². The molecule has 0 aliphatic heterocycles. The van der Waals surface area contributed by atoms with Crippen molar-refractivity contribution in [3.63, 3.8) is 0 Å². The molecule has 1 unspecified atom stereocenters. The minimum absolute atomic E-state index is 0.147. The van der Waals surface area contributed by atoms with Crippen LogP contribution < -0.4 is 10.3 Å². The van der Waals surface area contributed by atoms with E-state index >= 15 is 4.39 Å². The van der Waals surface area contributed by atoms with Crippen molar-refractivity contribution in [1.29, 1.82) is 0 Å². The zero-order valence-corrected chi connectivity index (χ0v) is 20.4. The molecule has 0 radical (unpaired) electrons. The van der Waals surface area contributed by atoms with Crippen LogP contribution >= 0.6 is 11.6 Å². The van der Waals surface area contributed by atoms with Crippen molar-refractivity contribution >= 4 is 23.5 Å². The highest BCUT2D eigenvalue weighted by molar-refractivity contribution is 6.30. The molecule has 7 nitrogen and oxygen atoms in total. The summed E-state index contributed by atoms with van der Waals surface area (Å²) in [6.07, 6.45) is 0.322. The Morgan fingerprint density at radius 1 is 1.03 bits per heavy atom. The van der Waals surface area contributed by atoms with Gasteiger partial charge in [0, 0.05) is 42.2 Å². The van der Waals surface area contributed by atoms with Gasteiger partial charge in [0.1, 0.15) is 11.6 Å². The van der Waals surface area contributed by atoms with Gasteiger partial charge in [-0.2, -0.15) is 0 Å². The lowest BCUT2D eigenvalue weighted by Gasteiger charge is -2.20. The maximum atomic E-state index is 15.0. The van der Waals surface area contributed by atoms with E-state index in [4.69, 9.17) is 16.7 Å². The van der Waals surface area contributed by atoms with Gasteiger partial charge in [0.25, 0.3) is 0 Å². The Labute approximate surface area is 216 Å². The third kappa shape index (κ3) is 6.05.